The van der Waals surface area contributed by atoms with Gasteiger partial charge < -0.3 is 0 Å². The van der Waals surface area contributed by atoms with E-state index >= 15 is 0 Å². The van der Waals surface area contributed by atoms with Gasteiger partial charge in [0.2, 0.25) is 0 Å². The van der Waals surface area contributed by atoms with Crippen LogP contribution in [0.3, 0.4) is 0 Å². The second-order valence-corrected chi connectivity index (χ2v) is 5.76. The molecular formula is C14H16BrF3O. The minimum atomic E-state index is -4.45. The van der Waals surface area contributed by atoms with Crippen molar-refractivity contribution in [3.63, 3.8) is 0 Å². The third-order valence-corrected chi connectivity index (χ3v) is 3.47. The van der Waals surface area contributed by atoms with Crippen molar-refractivity contribution >= 4 is 21.7 Å². The second kappa shape index (κ2) is 6.55. The third-order valence-electron chi connectivity index (χ3n) is 2.78. The molecule has 1 aromatic rings. The first kappa shape index (κ1) is 16.2. The number of carbonyl (C=O) groups excluding carboxylic acids is 1. The molecule has 0 spiro atoms. The maximum atomic E-state index is 12.7. The van der Waals surface area contributed by atoms with E-state index < -0.39 is 11.7 Å². The predicted molar refractivity (Wildman–Crippen MR) is 72.2 cm³/mol. The molecule has 0 radical (unpaired) electrons. The van der Waals surface area contributed by atoms with Gasteiger partial charge in [0.1, 0.15) is 0 Å². The van der Waals surface area contributed by atoms with E-state index in [0.717, 1.165) is 12.5 Å². The topological polar surface area (TPSA) is 17.1 Å². The van der Waals surface area contributed by atoms with Crippen LogP contribution in [0, 0.1) is 5.92 Å². The van der Waals surface area contributed by atoms with Gasteiger partial charge in [-0.05, 0) is 24.5 Å². The highest BCUT2D eigenvalue weighted by molar-refractivity contribution is 9.10. The van der Waals surface area contributed by atoms with Crippen LogP contribution in [-0.4, -0.2) is 5.78 Å². The first-order valence-electron chi connectivity index (χ1n) is 6.11. The zero-order valence-corrected chi connectivity index (χ0v) is 12.4. The molecule has 0 aliphatic heterocycles. The molecular weight excluding hydrogens is 321 g/mol. The summed E-state index contributed by atoms with van der Waals surface area (Å²) in [5.74, 6) is 0.252. The Morgan fingerprint density at radius 2 is 1.95 bits per heavy atom. The number of hydrogen-bond donors (Lipinski definition) is 0. The zero-order valence-electron chi connectivity index (χ0n) is 10.9. The van der Waals surface area contributed by atoms with Crippen molar-refractivity contribution in [2.24, 2.45) is 5.92 Å². The fourth-order valence-electron chi connectivity index (χ4n) is 1.73. The van der Waals surface area contributed by atoms with Crippen LogP contribution in [0.2, 0.25) is 0 Å². The number of carbonyl (C=O) groups is 1. The SMILES string of the molecule is CC(C)CCCC(=O)c1ccc(Br)c(C(F)(F)F)c1. The molecule has 0 saturated heterocycles. The van der Waals surface area contributed by atoms with Gasteiger partial charge in [-0.2, -0.15) is 13.2 Å². The number of benzene rings is 1. The summed E-state index contributed by atoms with van der Waals surface area (Å²) in [6, 6.07) is 3.62. The van der Waals surface area contributed by atoms with Crippen LogP contribution in [0.4, 0.5) is 13.2 Å². The van der Waals surface area contributed by atoms with E-state index in [2.05, 4.69) is 15.9 Å². The molecule has 0 aromatic heterocycles. The number of Topliss-reactive ketones (excluding diaryl/α,β-unsaturated/α-hetero) is 1. The van der Waals surface area contributed by atoms with Crippen molar-refractivity contribution in [3.05, 3.63) is 33.8 Å². The van der Waals surface area contributed by atoms with Gasteiger partial charge in [0.05, 0.1) is 5.56 Å². The molecule has 0 aliphatic rings. The summed E-state index contributed by atoms with van der Waals surface area (Å²) in [5, 5.41) is 0. The monoisotopic (exact) mass is 336 g/mol. The quantitative estimate of drug-likeness (QED) is 0.651. The number of alkyl halides is 3. The normalized spacial score (nSPS) is 11.9. The molecule has 0 bridgehead atoms. The lowest BCUT2D eigenvalue weighted by Gasteiger charge is -2.11. The van der Waals surface area contributed by atoms with Crippen LogP contribution in [0.15, 0.2) is 22.7 Å². The van der Waals surface area contributed by atoms with Crippen LogP contribution in [0.1, 0.15) is 49.0 Å². The van der Waals surface area contributed by atoms with Crippen LogP contribution in [0.25, 0.3) is 0 Å². The van der Waals surface area contributed by atoms with Crippen molar-refractivity contribution < 1.29 is 18.0 Å². The molecule has 0 heterocycles. The Kier molecular flexibility index (Phi) is 5.59. The maximum Gasteiger partial charge on any atom is 0.417 e. The minimum Gasteiger partial charge on any atom is -0.294 e. The Hall–Kier alpha value is -0.840. The number of halogens is 4. The summed E-state index contributed by atoms with van der Waals surface area (Å²) in [4.78, 5) is 11.8. The van der Waals surface area contributed by atoms with E-state index in [9.17, 15) is 18.0 Å². The van der Waals surface area contributed by atoms with Crippen LogP contribution in [-0.2, 0) is 6.18 Å². The number of ketones is 1. The van der Waals surface area contributed by atoms with Crippen molar-refractivity contribution in [2.75, 3.05) is 0 Å². The maximum absolute atomic E-state index is 12.7. The first-order valence-corrected chi connectivity index (χ1v) is 6.91. The highest BCUT2D eigenvalue weighted by Crippen LogP contribution is 2.35. The predicted octanol–water partition coefficient (Wildman–Crippen LogP) is 5.48. The highest BCUT2D eigenvalue weighted by Gasteiger charge is 2.33. The van der Waals surface area contributed by atoms with Crippen molar-refractivity contribution in [1.29, 1.82) is 0 Å². The molecule has 1 nitrogen and oxygen atoms in total. The molecule has 1 rings (SSSR count). The van der Waals surface area contributed by atoms with Crippen molar-refractivity contribution in [2.45, 2.75) is 39.3 Å². The minimum absolute atomic E-state index is 0.0428. The van der Waals surface area contributed by atoms with Gasteiger partial charge in [-0.15, -0.1) is 0 Å². The molecule has 0 amide bonds. The summed E-state index contributed by atoms with van der Waals surface area (Å²) >= 11 is 2.86. The molecule has 0 fully saturated rings. The van der Waals surface area contributed by atoms with Gasteiger partial charge in [0.25, 0.3) is 0 Å². The molecule has 0 N–H and O–H groups in total. The third kappa shape index (κ3) is 4.97. The van der Waals surface area contributed by atoms with Gasteiger partial charge in [-0.3, -0.25) is 4.79 Å². The van der Waals surface area contributed by atoms with Gasteiger partial charge in [0.15, 0.2) is 5.78 Å². The summed E-state index contributed by atoms with van der Waals surface area (Å²) in [5.41, 5.74) is -0.679. The molecule has 0 aliphatic carbocycles. The summed E-state index contributed by atoms with van der Waals surface area (Å²) < 4.78 is 38.1. The lowest BCUT2D eigenvalue weighted by atomic mass is 10.00. The van der Waals surface area contributed by atoms with E-state index in [1.165, 1.54) is 12.1 Å². The average Bonchev–Trinajstić information content (AvgIpc) is 2.27. The van der Waals surface area contributed by atoms with Crippen LogP contribution in [0.5, 0.6) is 0 Å². The largest absolute Gasteiger partial charge is 0.417 e. The fraction of sp³-hybridized carbons (Fsp3) is 0.500. The van der Waals surface area contributed by atoms with E-state index in [1.807, 2.05) is 13.8 Å². The Morgan fingerprint density at radius 3 is 2.47 bits per heavy atom. The number of rotatable bonds is 5. The van der Waals surface area contributed by atoms with Gasteiger partial charge in [0, 0.05) is 16.5 Å². The van der Waals surface area contributed by atoms with Gasteiger partial charge in [-0.25, -0.2) is 0 Å². The lowest BCUT2D eigenvalue weighted by Crippen LogP contribution is -2.09. The summed E-state index contributed by atoms with van der Waals surface area (Å²) in [6.45, 7) is 4.09. The number of hydrogen-bond acceptors (Lipinski definition) is 1. The Balaban J connectivity index is 2.82. The van der Waals surface area contributed by atoms with Crippen LogP contribution >= 0.6 is 15.9 Å². The lowest BCUT2D eigenvalue weighted by molar-refractivity contribution is -0.138. The highest BCUT2D eigenvalue weighted by atomic mass is 79.9. The first-order chi connectivity index (χ1) is 8.71. The fourth-order valence-corrected chi connectivity index (χ4v) is 2.20. The molecule has 0 atom stereocenters. The summed E-state index contributed by atoms with van der Waals surface area (Å²) in [6.07, 6.45) is -2.56. The Morgan fingerprint density at radius 1 is 1.32 bits per heavy atom. The zero-order chi connectivity index (χ0) is 14.6. The van der Waals surface area contributed by atoms with E-state index in [0.29, 0.717) is 12.3 Å². The molecule has 106 valence electrons. The van der Waals surface area contributed by atoms with Crippen molar-refractivity contribution in [1.82, 2.24) is 0 Å². The summed E-state index contributed by atoms with van der Waals surface area (Å²) in [7, 11) is 0. The second-order valence-electron chi connectivity index (χ2n) is 4.90. The molecule has 1 aromatic carbocycles. The van der Waals surface area contributed by atoms with E-state index in [4.69, 9.17) is 0 Å². The van der Waals surface area contributed by atoms with E-state index in [-0.39, 0.29) is 22.2 Å². The molecule has 0 saturated carbocycles. The molecule has 0 unspecified atom stereocenters. The van der Waals surface area contributed by atoms with Gasteiger partial charge in [-0.1, -0.05) is 42.3 Å². The standard InChI is InChI=1S/C14H16BrF3O/c1-9(2)4-3-5-13(19)10-6-7-12(15)11(8-10)14(16,17)18/h6-9H,3-5H2,1-2H3. The van der Waals surface area contributed by atoms with E-state index in [1.54, 1.807) is 0 Å². The molecule has 5 heteroatoms. The van der Waals surface area contributed by atoms with Crippen LogP contribution < -0.4 is 0 Å². The molecule has 19 heavy (non-hydrogen) atoms. The Labute approximate surface area is 119 Å². The smallest absolute Gasteiger partial charge is 0.294 e. The Bertz CT molecular complexity index is 452. The van der Waals surface area contributed by atoms with Crippen molar-refractivity contribution in [3.8, 4) is 0 Å². The van der Waals surface area contributed by atoms with Gasteiger partial charge >= 0.3 is 6.18 Å². The average molecular weight is 337 g/mol.